The van der Waals surface area contributed by atoms with Crippen LogP contribution in [0.4, 0.5) is 0 Å². The molecule has 0 spiro atoms. The largest absolute Gasteiger partial charge is 0.481 e. The molecular formula is C15H16N4O4. The predicted molar refractivity (Wildman–Crippen MR) is 79.3 cm³/mol. The van der Waals surface area contributed by atoms with Crippen LogP contribution in [0.1, 0.15) is 16.8 Å². The second kappa shape index (κ2) is 6.57. The van der Waals surface area contributed by atoms with Gasteiger partial charge in [-0.2, -0.15) is 5.10 Å². The van der Waals surface area contributed by atoms with Gasteiger partial charge in [-0.25, -0.2) is 9.67 Å². The molecule has 1 amide bonds. The number of carboxylic acids is 1. The Balaban J connectivity index is 1.75. The molecule has 120 valence electrons. The second-order valence-electron chi connectivity index (χ2n) is 5.23. The third-order valence-electron chi connectivity index (χ3n) is 3.60. The van der Waals surface area contributed by atoms with E-state index >= 15 is 0 Å². The van der Waals surface area contributed by atoms with Gasteiger partial charge < -0.3 is 14.7 Å². The molecule has 0 unspecified atom stereocenters. The molecule has 0 bridgehead atoms. The average Bonchev–Trinajstić information content (AvgIpc) is 3.08. The van der Waals surface area contributed by atoms with Crippen molar-refractivity contribution in [2.24, 2.45) is 0 Å². The lowest BCUT2D eigenvalue weighted by Gasteiger charge is -2.32. The number of ether oxygens (including phenoxy) is 1. The highest BCUT2D eigenvalue weighted by Gasteiger charge is 2.26. The minimum absolute atomic E-state index is 0.108. The van der Waals surface area contributed by atoms with E-state index in [1.54, 1.807) is 34.1 Å². The molecule has 1 saturated heterocycles. The molecule has 1 aromatic heterocycles. The van der Waals surface area contributed by atoms with Crippen LogP contribution in [0.5, 0.6) is 0 Å². The minimum Gasteiger partial charge on any atom is -0.481 e. The molecular weight excluding hydrogens is 300 g/mol. The van der Waals surface area contributed by atoms with Crippen molar-refractivity contribution >= 4 is 11.9 Å². The third-order valence-corrected chi connectivity index (χ3v) is 3.60. The van der Waals surface area contributed by atoms with E-state index in [-0.39, 0.29) is 18.9 Å². The molecule has 2 aromatic rings. The summed E-state index contributed by atoms with van der Waals surface area (Å²) in [6.45, 7) is 1.06. The van der Waals surface area contributed by atoms with Crippen molar-refractivity contribution in [3.63, 3.8) is 0 Å². The third kappa shape index (κ3) is 3.54. The van der Waals surface area contributed by atoms with E-state index in [2.05, 4.69) is 10.1 Å². The molecule has 2 heterocycles. The van der Waals surface area contributed by atoms with E-state index in [1.807, 2.05) is 6.07 Å². The number of hydrogen-bond acceptors (Lipinski definition) is 5. The summed E-state index contributed by atoms with van der Waals surface area (Å²) in [7, 11) is 0. The Bertz CT molecular complexity index is 701. The number of carbonyl (C=O) groups is 2. The van der Waals surface area contributed by atoms with E-state index in [9.17, 15) is 9.59 Å². The number of aliphatic carboxylic acids is 1. The minimum atomic E-state index is -0.933. The zero-order chi connectivity index (χ0) is 16.2. The Labute approximate surface area is 132 Å². The first-order valence-electron chi connectivity index (χ1n) is 7.21. The van der Waals surface area contributed by atoms with Crippen molar-refractivity contribution < 1.29 is 19.4 Å². The molecule has 1 atom stereocenters. The zero-order valence-electron chi connectivity index (χ0n) is 12.3. The van der Waals surface area contributed by atoms with Gasteiger partial charge >= 0.3 is 5.97 Å². The lowest BCUT2D eigenvalue weighted by molar-refractivity contribution is -0.141. The quantitative estimate of drug-likeness (QED) is 0.886. The maximum Gasteiger partial charge on any atom is 0.306 e. The standard InChI is InChI=1S/C15H16N4O4/c20-14(21)7-13-8-18(4-5-23-13)15(22)11-2-1-3-12(6-11)19-10-16-9-17-19/h1-3,6,9-10,13H,4-5,7-8H2,(H,20,21)/t13-/m0/s1. The molecule has 1 aromatic carbocycles. The van der Waals surface area contributed by atoms with Crippen LogP contribution in [0.2, 0.25) is 0 Å². The Kier molecular flexibility index (Phi) is 4.33. The van der Waals surface area contributed by atoms with Gasteiger partial charge in [-0.05, 0) is 18.2 Å². The summed E-state index contributed by atoms with van der Waals surface area (Å²) >= 11 is 0. The van der Waals surface area contributed by atoms with Crippen LogP contribution in [0.15, 0.2) is 36.9 Å². The topological polar surface area (TPSA) is 97.6 Å². The fourth-order valence-electron chi connectivity index (χ4n) is 2.53. The normalized spacial score (nSPS) is 17.9. The molecule has 3 rings (SSSR count). The first-order chi connectivity index (χ1) is 11.1. The van der Waals surface area contributed by atoms with Crippen LogP contribution in [0, 0.1) is 0 Å². The summed E-state index contributed by atoms with van der Waals surface area (Å²) in [6, 6.07) is 7.07. The maximum absolute atomic E-state index is 12.6. The number of hydrogen-bond donors (Lipinski definition) is 1. The summed E-state index contributed by atoms with van der Waals surface area (Å²) in [5.74, 6) is -1.08. The van der Waals surface area contributed by atoms with E-state index in [1.165, 1.54) is 6.33 Å². The van der Waals surface area contributed by atoms with Crippen LogP contribution in [0.25, 0.3) is 5.69 Å². The number of morpholine rings is 1. The van der Waals surface area contributed by atoms with Gasteiger partial charge in [-0.3, -0.25) is 9.59 Å². The number of nitrogens with zero attached hydrogens (tertiary/aromatic N) is 4. The van der Waals surface area contributed by atoms with Gasteiger partial charge in [-0.1, -0.05) is 6.07 Å². The highest BCUT2D eigenvalue weighted by Crippen LogP contribution is 2.15. The van der Waals surface area contributed by atoms with Crippen LogP contribution in [-0.2, 0) is 9.53 Å². The van der Waals surface area contributed by atoms with Crippen molar-refractivity contribution in [1.82, 2.24) is 19.7 Å². The SMILES string of the molecule is O=C(O)C[C@H]1CN(C(=O)c2cccc(-n3cncn3)c2)CCO1. The number of carbonyl (C=O) groups excluding carboxylic acids is 1. The van der Waals surface area contributed by atoms with Crippen LogP contribution in [0.3, 0.4) is 0 Å². The van der Waals surface area contributed by atoms with Crippen molar-refractivity contribution in [2.75, 3.05) is 19.7 Å². The molecule has 23 heavy (non-hydrogen) atoms. The molecule has 1 aliphatic heterocycles. The molecule has 1 N–H and O–H groups in total. The van der Waals surface area contributed by atoms with E-state index in [0.29, 0.717) is 18.7 Å². The molecule has 0 aliphatic carbocycles. The van der Waals surface area contributed by atoms with Gasteiger partial charge in [0.25, 0.3) is 5.91 Å². The molecule has 0 saturated carbocycles. The van der Waals surface area contributed by atoms with Crippen LogP contribution < -0.4 is 0 Å². The van der Waals surface area contributed by atoms with Gasteiger partial charge in [0.15, 0.2) is 0 Å². The Morgan fingerprint density at radius 2 is 2.26 bits per heavy atom. The summed E-state index contributed by atoms with van der Waals surface area (Å²) in [5.41, 5.74) is 1.26. The first kappa shape index (κ1) is 15.2. The highest BCUT2D eigenvalue weighted by atomic mass is 16.5. The van der Waals surface area contributed by atoms with Crippen LogP contribution >= 0.6 is 0 Å². The summed E-state index contributed by atoms with van der Waals surface area (Å²) in [4.78, 5) is 28.9. The smallest absolute Gasteiger partial charge is 0.306 e. The van der Waals surface area contributed by atoms with Crippen molar-refractivity contribution in [3.05, 3.63) is 42.5 Å². The molecule has 1 fully saturated rings. The van der Waals surface area contributed by atoms with Gasteiger partial charge in [0.2, 0.25) is 0 Å². The summed E-state index contributed by atoms with van der Waals surface area (Å²) < 4.78 is 6.96. The molecule has 0 radical (unpaired) electrons. The summed E-state index contributed by atoms with van der Waals surface area (Å²) in [6.07, 6.45) is 2.40. The average molecular weight is 316 g/mol. The molecule has 8 nitrogen and oxygen atoms in total. The predicted octanol–water partition coefficient (Wildman–Crippen LogP) is 0.583. The van der Waals surface area contributed by atoms with Crippen molar-refractivity contribution in [3.8, 4) is 5.69 Å². The zero-order valence-corrected chi connectivity index (χ0v) is 12.3. The fourth-order valence-corrected chi connectivity index (χ4v) is 2.53. The van der Waals surface area contributed by atoms with Gasteiger partial charge in [0.05, 0.1) is 24.8 Å². The van der Waals surface area contributed by atoms with Crippen molar-refractivity contribution in [2.45, 2.75) is 12.5 Å². The molecule has 8 heteroatoms. The lowest BCUT2D eigenvalue weighted by atomic mass is 10.1. The van der Waals surface area contributed by atoms with Gasteiger partial charge in [0.1, 0.15) is 12.7 Å². The van der Waals surface area contributed by atoms with Gasteiger partial charge in [0, 0.05) is 18.7 Å². The first-order valence-corrected chi connectivity index (χ1v) is 7.21. The Morgan fingerprint density at radius 3 is 3.00 bits per heavy atom. The number of rotatable bonds is 4. The monoisotopic (exact) mass is 316 g/mol. The fraction of sp³-hybridized carbons (Fsp3) is 0.333. The Hall–Kier alpha value is -2.74. The van der Waals surface area contributed by atoms with E-state index in [4.69, 9.17) is 9.84 Å². The number of benzene rings is 1. The number of carboxylic acid groups (broad SMARTS) is 1. The van der Waals surface area contributed by atoms with Crippen molar-refractivity contribution in [1.29, 1.82) is 0 Å². The lowest BCUT2D eigenvalue weighted by Crippen LogP contribution is -2.46. The van der Waals surface area contributed by atoms with E-state index in [0.717, 1.165) is 5.69 Å². The highest BCUT2D eigenvalue weighted by molar-refractivity contribution is 5.94. The molecule has 1 aliphatic rings. The Morgan fingerprint density at radius 1 is 1.39 bits per heavy atom. The van der Waals surface area contributed by atoms with Crippen LogP contribution in [-0.4, -0.2) is 62.4 Å². The maximum atomic E-state index is 12.6. The number of amides is 1. The second-order valence-corrected chi connectivity index (χ2v) is 5.23. The van der Waals surface area contributed by atoms with E-state index < -0.39 is 12.1 Å². The summed E-state index contributed by atoms with van der Waals surface area (Å²) in [5, 5.41) is 12.9. The van der Waals surface area contributed by atoms with Gasteiger partial charge in [-0.15, -0.1) is 0 Å². The number of aromatic nitrogens is 3.